The fraction of sp³-hybridized carbons (Fsp3) is 0.500. The maximum atomic E-state index is 12.2. The highest BCUT2D eigenvalue weighted by molar-refractivity contribution is 6.32. The van der Waals surface area contributed by atoms with Gasteiger partial charge in [0.05, 0.1) is 18.2 Å². The van der Waals surface area contributed by atoms with E-state index in [1.807, 2.05) is 49.4 Å². The number of aliphatic hydroxyl groups is 1. The molecular formula is C26H33ClN2O5. The highest BCUT2D eigenvalue weighted by atomic mass is 35.5. The first kappa shape index (κ1) is 24.8. The summed E-state index contributed by atoms with van der Waals surface area (Å²) in [6.45, 7) is 6.79. The average Bonchev–Trinajstić information content (AvgIpc) is 2.84. The van der Waals surface area contributed by atoms with Gasteiger partial charge in [0.2, 0.25) is 0 Å². The number of β-amino-alcohol motifs (C(OH)–C–C–N with tert-alkyl or cyclic N) is 1. The second kappa shape index (κ2) is 11.4. The average molecular weight is 489 g/mol. The van der Waals surface area contributed by atoms with Gasteiger partial charge in [-0.05, 0) is 61.7 Å². The third kappa shape index (κ3) is 6.85. The molecule has 0 radical (unpaired) electrons. The van der Waals surface area contributed by atoms with Gasteiger partial charge in [0.1, 0.15) is 23.7 Å². The predicted octanol–water partition coefficient (Wildman–Crippen LogP) is 3.29. The molecule has 0 unspecified atom stereocenters. The first-order chi connectivity index (χ1) is 16.4. The van der Waals surface area contributed by atoms with E-state index < -0.39 is 5.60 Å². The number of nitrogens with zero attached hydrogens (tertiary/aromatic N) is 2. The molecule has 2 fully saturated rings. The van der Waals surface area contributed by atoms with Crippen molar-refractivity contribution in [2.75, 3.05) is 52.6 Å². The van der Waals surface area contributed by atoms with Gasteiger partial charge in [0, 0.05) is 26.2 Å². The molecule has 2 aliphatic rings. The van der Waals surface area contributed by atoms with Gasteiger partial charge in [-0.3, -0.25) is 9.69 Å². The quantitative estimate of drug-likeness (QED) is 0.615. The number of benzene rings is 2. The molecule has 0 aliphatic carbocycles. The zero-order chi connectivity index (χ0) is 24.0. The van der Waals surface area contributed by atoms with Gasteiger partial charge >= 0.3 is 0 Å². The van der Waals surface area contributed by atoms with Crippen LogP contribution < -0.4 is 9.47 Å². The lowest BCUT2D eigenvalue weighted by Gasteiger charge is -2.39. The number of morpholine rings is 1. The van der Waals surface area contributed by atoms with Gasteiger partial charge < -0.3 is 24.2 Å². The van der Waals surface area contributed by atoms with Gasteiger partial charge in [0.15, 0.2) is 6.61 Å². The minimum Gasteiger partial charge on any atom is -0.489 e. The van der Waals surface area contributed by atoms with E-state index in [0.29, 0.717) is 55.8 Å². The number of rotatable bonds is 8. The number of amides is 1. The highest BCUT2D eigenvalue weighted by Crippen LogP contribution is 2.29. The van der Waals surface area contributed by atoms with Crippen LogP contribution in [0, 0.1) is 6.92 Å². The lowest BCUT2D eigenvalue weighted by molar-refractivity contribution is -0.137. The van der Waals surface area contributed by atoms with E-state index in [2.05, 4.69) is 4.90 Å². The molecule has 0 spiro atoms. The normalized spacial score (nSPS) is 21.3. The molecule has 0 saturated carbocycles. The fourth-order valence-corrected chi connectivity index (χ4v) is 4.56. The number of aryl methyl sites for hydroxylation is 1. The Bertz CT molecular complexity index is 964. The summed E-state index contributed by atoms with van der Waals surface area (Å²) in [5, 5.41) is 11.7. The van der Waals surface area contributed by atoms with E-state index in [0.717, 1.165) is 30.6 Å². The molecule has 2 aromatic rings. The molecule has 2 aromatic carbocycles. The Hall–Kier alpha value is -2.32. The summed E-state index contributed by atoms with van der Waals surface area (Å²) >= 11 is 6.23. The summed E-state index contributed by atoms with van der Waals surface area (Å²) in [4.78, 5) is 16.2. The summed E-state index contributed by atoms with van der Waals surface area (Å²) in [6.07, 6.45) is 1.59. The largest absolute Gasteiger partial charge is 0.489 e. The topological polar surface area (TPSA) is 71.5 Å². The van der Waals surface area contributed by atoms with Crippen LogP contribution in [-0.2, 0) is 16.1 Å². The third-order valence-electron chi connectivity index (χ3n) is 6.27. The maximum Gasteiger partial charge on any atom is 0.260 e. The number of carbonyl (C=O) groups is 1. The van der Waals surface area contributed by atoms with Gasteiger partial charge in [-0.15, -0.1) is 0 Å². The van der Waals surface area contributed by atoms with Crippen LogP contribution in [0.5, 0.6) is 11.5 Å². The van der Waals surface area contributed by atoms with E-state index in [4.69, 9.17) is 25.8 Å². The smallest absolute Gasteiger partial charge is 0.260 e. The first-order valence-corrected chi connectivity index (χ1v) is 12.2. The predicted molar refractivity (Wildman–Crippen MR) is 130 cm³/mol. The van der Waals surface area contributed by atoms with Crippen molar-refractivity contribution < 1.29 is 24.1 Å². The van der Waals surface area contributed by atoms with Crippen LogP contribution >= 0.6 is 11.6 Å². The molecule has 2 saturated heterocycles. The van der Waals surface area contributed by atoms with Crippen molar-refractivity contribution in [3.8, 4) is 11.5 Å². The molecule has 4 rings (SSSR count). The molecule has 7 nitrogen and oxygen atoms in total. The summed E-state index contributed by atoms with van der Waals surface area (Å²) in [6, 6.07) is 13.4. The minimum absolute atomic E-state index is 0.0193. The van der Waals surface area contributed by atoms with Crippen LogP contribution in [0.3, 0.4) is 0 Å². The second-order valence-electron chi connectivity index (χ2n) is 9.19. The van der Waals surface area contributed by atoms with Crippen molar-refractivity contribution in [3.63, 3.8) is 0 Å². The number of carbonyl (C=O) groups excluding carboxylic acids is 1. The van der Waals surface area contributed by atoms with Crippen LogP contribution in [0.25, 0.3) is 0 Å². The van der Waals surface area contributed by atoms with E-state index in [1.54, 1.807) is 4.90 Å². The Balaban J connectivity index is 1.26. The van der Waals surface area contributed by atoms with Gasteiger partial charge in [-0.2, -0.15) is 0 Å². The fourth-order valence-electron chi connectivity index (χ4n) is 4.39. The number of ether oxygens (including phenoxy) is 3. The minimum atomic E-state index is -0.922. The molecule has 184 valence electrons. The van der Waals surface area contributed by atoms with Crippen molar-refractivity contribution in [3.05, 3.63) is 58.6 Å². The summed E-state index contributed by atoms with van der Waals surface area (Å²) in [7, 11) is 0. The van der Waals surface area contributed by atoms with E-state index in [9.17, 15) is 9.90 Å². The lowest BCUT2D eigenvalue weighted by Crippen LogP contribution is -2.51. The molecule has 34 heavy (non-hydrogen) atoms. The maximum absolute atomic E-state index is 12.2. The van der Waals surface area contributed by atoms with Crippen molar-refractivity contribution >= 4 is 17.5 Å². The zero-order valence-corrected chi connectivity index (χ0v) is 20.4. The molecule has 2 aliphatic heterocycles. The molecule has 1 amide bonds. The summed E-state index contributed by atoms with van der Waals surface area (Å²) in [5.74, 6) is 1.26. The summed E-state index contributed by atoms with van der Waals surface area (Å²) in [5.41, 5.74) is 1.27. The van der Waals surface area contributed by atoms with Crippen LogP contribution in [0.2, 0.25) is 5.02 Å². The number of halogens is 1. The molecule has 0 aromatic heterocycles. The van der Waals surface area contributed by atoms with E-state index in [-0.39, 0.29) is 19.1 Å². The van der Waals surface area contributed by atoms with Crippen LogP contribution in [0.4, 0.5) is 0 Å². The van der Waals surface area contributed by atoms with Crippen LogP contribution in [-0.4, -0.2) is 79.0 Å². The van der Waals surface area contributed by atoms with Crippen molar-refractivity contribution in [2.45, 2.75) is 31.9 Å². The Morgan fingerprint density at radius 1 is 1.12 bits per heavy atom. The van der Waals surface area contributed by atoms with Crippen LogP contribution in [0.1, 0.15) is 24.0 Å². The number of hydrogen-bond donors (Lipinski definition) is 1. The third-order valence-corrected chi connectivity index (χ3v) is 6.59. The Kier molecular flexibility index (Phi) is 8.32. The van der Waals surface area contributed by atoms with Crippen LogP contribution in [0.15, 0.2) is 42.5 Å². The lowest BCUT2D eigenvalue weighted by atomic mass is 9.93. The Morgan fingerprint density at radius 2 is 1.88 bits per heavy atom. The molecule has 0 bridgehead atoms. The monoisotopic (exact) mass is 488 g/mol. The molecule has 8 heteroatoms. The first-order valence-electron chi connectivity index (χ1n) is 11.8. The number of piperidine rings is 1. The Morgan fingerprint density at radius 3 is 2.65 bits per heavy atom. The van der Waals surface area contributed by atoms with Crippen molar-refractivity contribution in [1.29, 1.82) is 0 Å². The van der Waals surface area contributed by atoms with Gasteiger partial charge in [0.25, 0.3) is 5.91 Å². The molecule has 1 atom stereocenters. The van der Waals surface area contributed by atoms with E-state index in [1.165, 1.54) is 0 Å². The standard InChI is InChI=1S/C26H33ClN2O5/c1-20-3-8-23(27)24(15-20)34-19-26(31)9-2-10-28(18-26)16-21-4-6-22(7-5-21)33-17-25(30)29-11-13-32-14-12-29/h3-8,15,31H,2,9-14,16-19H2,1H3/t26-/m1/s1. The van der Waals surface area contributed by atoms with Gasteiger partial charge in [-0.1, -0.05) is 29.8 Å². The second-order valence-corrected chi connectivity index (χ2v) is 9.59. The highest BCUT2D eigenvalue weighted by Gasteiger charge is 2.34. The molecule has 2 heterocycles. The number of hydrogen-bond acceptors (Lipinski definition) is 6. The zero-order valence-electron chi connectivity index (χ0n) is 19.7. The molecular weight excluding hydrogens is 456 g/mol. The SMILES string of the molecule is Cc1ccc(Cl)c(OC[C@@]2(O)CCCN(Cc3ccc(OCC(=O)N4CCOCC4)cc3)C2)c1. The van der Waals surface area contributed by atoms with Crippen molar-refractivity contribution in [2.24, 2.45) is 0 Å². The Labute approximate surface area is 206 Å². The summed E-state index contributed by atoms with van der Waals surface area (Å²) < 4.78 is 16.9. The number of likely N-dealkylation sites (tertiary alicyclic amines) is 1. The van der Waals surface area contributed by atoms with E-state index >= 15 is 0 Å². The van der Waals surface area contributed by atoms with Crippen molar-refractivity contribution in [1.82, 2.24) is 9.80 Å². The van der Waals surface area contributed by atoms with Gasteiger partial charge in [-0.25, -0.2) is 0 Å². The molecule has 1 N–H and O–H groups in total.